The Balaban J connectivity index is 1.51. The highest BCUT2D eigenvalue weighted by Gasteiger charge is 2.31. The first-order valence-corrected chi connectivity index (χ1v) is 12.3. The highest BCUT2D eigenvalue weighted by atomic mass is 19.1. The van der Waals surface area contributed by atoms with Crippen molar-refractivity contribution >= 4 is 11.9 Å². The minimum absolute atomic E-state index is 0.0198. The van der Waals surface area contributed by atoms with Crippen molar-refractivity contribution in [3.8, 4) is 22.6 Å². The number of carbonyl (C=O) groups excluding carboxylic acids is 1. The number of fused-ring (bicyclic) bond motifs is 1. The summed E-state index contributed by atoms with van der Waals surface area (Å²) in [6.45, 7) is 5.48. The molecule has 0 radical (unpaired) electrons. The Morgan fingerprint density at radius 2 is 1.86 bits per heavy atom. The molecule has 3 heterocycles. The second kappa shape index (κ2) is 10.3. The number of nitrogens with one attached hydrogen (secondary N) is 2. The van der Waals surface area contributed by atoms with Gasteiger partial charge in [-0.05, 0) is 54.8 Å². The van der Waals surface area contributed by atoms with Crippen molar-refractivity contribution in [3.05, 3.63) is 84.1 Å². The van der Waals surface area contributed by atoms with Crippen molar-refractivity contribution in [2.75, 3.05) is 18.4 Å². The van der Waals surface area contributed by atoms with E-state index >= 15 is 0 Å². The number of carbonyl (C=O) groups is 1. The van der Waals surface area contributed by atoms with Crippen molar-refractivity contribution in [1.82, 2.24) is 24.8 Å². The topological polar surface area (TPSA) is 84.7 Å². The summed E-state index contributed by atoms with van der Waals surface area (Å²) in [5.41, 5.74) is 3.78. The molecule has 184 valence electrons. The second-order valence-electron chi connectivity index (χ2n) is 9.41. The van der Waals surface area contributed by atoms with Crippen LogP contribution in [-0.4, -0.2) is 38.5 Å². The number of imidazole rings is 1. The van der Waals surface area contributed by atoms with Gasteiger partial charge in [-0.2, -0.15) is 0 Å². The third kappa shape index (κ3) is 4.98. The molecule has 1 aliphatic heterocycles. The van der Waals surface area contributed by atoms with Gasteiger partial charge in [-0.25, -0.2) is 19.3 Å². The van der Waals surface area contributed by atoms with Gasteiger partial charge in [0.15, 0.2) is 0 Å². The number of aromatic nitrogens is 4. The van der Waals surface area contributed by atoms with Crippen LogP contribution in [0.25, 0.3) is 22.6 Å². The third-order valence-electron chi connectivity index (χ3n) is 6.27. The van der Waals surface area contributed by atoms with E-state index in [4.69, 9.17) is 9.97 Å². The summed E-state index contributed by atoms with van der Waals surface area (Å²) in [4.78, 5) is 26.8. The number of hydrogen-bond donors (Lipinski definition) is 2. The van der Waals surface area contributed by atoms with Crippen LogP contribution in [0.4, 0.5) is 10.3 Å². The molecule has 5 rings (SSSR count). The molecule has 2 aromatic carbocycles. The molecule has 0 saturated heterocycles. The normalized spacial score (nSPS) is 14.6. The summed E-state index contributed by atoms with van der Waals surface area (Å²) in [5, 5.41) is 6.37. The van der Waals surface area contributed by atoms with Gasteiger partial charge in [0.2, 0.25) is 5.95 Å². The highest BCUT2D eigenvalue weighted by molar-refractivity contribution is 5.94. The Bertz CT molecular complexity index is 1350. The van der Waals surface area contributed by atoms with Gasteiger partial charge in [-0.15, -0.1) is 0 Å². The molecule has 1 atom stereocenters. The lowest BCUT2D eigenvalue weighted by atomic mass is 10.1. The molecule has 2 aromatic heterocycles. The number of hydrogen-bond acceptors (Lipinski definition) is 5. The summed E-state index contributed by atoms with van der Waals surface area (Å²) in [5.74, 6) is 1.53. The standard InChI is InChI=1S/C28H29FN6O/c1-18(2)16-32-28-30-15-14-23(33-28)26-25(19-8-10-21(29)11-9-19)34-24-13-12-22(35(24)26)17-31-27(36)20-6-4-3-5-7-20/h3-11,14-15,18,22H,12-13,16-17H2,1-2H3,(H,31,36)(H,30,32,33). The number of halogens is 1. The van der Waals surface area contributed by atoms with Gasteiger partial charge in [-0.1, -0.05) is 32.0 Å². The summed E-state index contributed by atoms with van der Waals surface area (Å²) < 4.78 is 15.9. The number of nitrogens with zero attached hydrogens (tertiary/aromatic N) is 4. The maximum atomic E-state index is 13.7. The Morgan fingerprint density at radius 3 is 2.61 bits per heavy atom. The van der Waals surface area contributed by atoms with E-state index in [1.54, 1.807) is 30.5 Å². The molecular formula is C28H29FN6O. The highest BCUT2D eigenvalue weighted by Crippen LogP contribution is 2.39. The summed E-state index contributed by atoms with van der Waals surface area (Å²) in [6.07, 6.45) is 3.38. The van der Waals surface area contributed by atoms with Crippen LogP contribution in [-0.2, 0) is 6.42 Å². The molecule has 1 unspecified atom stereocenters. The van der Waals surface area contributed by atoms with E-state index in [1.165, 1.54) is 12.1 Å². The monoisotopic (exact) mass is 484 g/mol. The van der Waals surface area contributed by atoms with Crippen molar-refractivity contribution in [3.63, 3.8) is 0 Å². The van der Waals surface area contributed by atoms with E-state index in [2.05, 4.69) is 34.0 Å². The second-order valence-corrected chi connectivity index (χ2v) is 9.41. The zero-order chi connectivity index (χ0) is 25.1. The fraction of sp³-hybridized carbons (Fsp3) is 0.286. The van der Waals surface area contributed by atoms with Crippen LogP contribution in [0, 0.1) is 11.7 Å². The average Bonchev–Trinajstić information content (AvgIpc) is 3.47. The maximum Gasteiger partial charge on any atom is 0.251 e. The molecule has 8 heteroatoms. The largest absolute Gasteiger partial charge is 0.354 e. The number of amides is 1. The van der Waals surface area contributed by atoms with Crippen LogP contribution in [0.1, 0.15) is 42.5 Å². The molecule has 0 saturated carbocycles. The zero-order valence-electron chi connectivity index (χ0n) is 20.4. The molecule has 4 aromatic rings. The SMILES string of the molecule is CC(C)CNc1nccc(-c2c(-c3ccc(F)cc3)nc3n2C(CNC(=O)c2ccccc2)CC3)n1. The van der Waals surface area contributed by atoms with E-state index in [1.807, 2.05) is 24.3 Å². The first-order valence-electron chi connectivity index (χ1n) is 12.3. The zero-order valence-corrected chi connectivity index (χ0v) is 20.4. The molecule has 2 N–H and O–H groups in total. The van der Waals surface area contributed by atoms with Gasteiger partial charge in [0.1, 0.15) is 11.6 Å². The summed E-state index contributed by atoms with van der Waals surface area (Å²) in [7, 11) is 0. The number of anilines is 1. The van der Waals surface area contributed by atoms with Crippen LogP contribution in [0.5, 0.6) is 0 Å². The molecular weight excluding hydrogens is 455 g/mol. The van der Waals surface area contributed by atoms with E-state index in [0.717, 1.165) is 47.9 Å². The van der Waals surface area contributed by atoms with Crippen LogP contribution < -0.4 is 10.6 Å². The minimum atomic E-state index is -0.296. The molecule has 1 amide bonds. The lowest BCUT2D eigenvalue weighted by Crippen LogP contribution is -2.29. The molecule has 0 aliphatic carbocycles. The number of benzene rings is 2. The van der Waals surface area contributed by atoms with Crippen LogP contribution >= 0.6 is 0 Å². The molecule has 0 spiro atoms. The van der Waals surface area contributed by atoms with Gasteiger partial charge in [0, 0.05) is 36.8 Å². The Labute approximate surface area is 209 Å². The van der Waals surface area contributed by atoms with Crippen molar-refractivity contribution < 1.29 is 9.18 Å². The van der Waals surface area contributed by atoms with E-state index in [-0.39, 0.29) is 17.8 Å². The Hall–Kier alpha value is -4.07. The van der Waals surface area contributed by atoms with Gasteiger partial charge in [0.25, 0.3) is 5.91 Å². The first-order chi connectivity index (χ1) is 17.5. The predicted molar refractivity (Wildman–Crippen MR) is 138 cm³/mol. The van der Waals surface area contributed by atoms with E-state index in [9.17, 15) is 9.18 Å². The number of rotatable bonds is 8. The fourth-order valence-corrected chi connectivity index (χ4v) is 4.49. The molecule has 1 aliphatic rings. The third-order valence-corrected chi connectivity index (χ3v) is 6.27. The van der Waals surface area contributed by atoms with Gasteiger partial charge >= 0.3 is 0 Å². The molecule has 7 nitrogen and oxygen atoms in total. The first kappa shape index (κ1) is 23.7. The van der Waals surface area contributed by atoms with E-state index in [0.29, 0.717) is 24.0 Å². The molecule has 0 fully saturated rings. The fourth-order valence-electron chi connectivity index (χ4n) is 4.49. The maximum absolute atomic E-state index is 13.7. The minimum Gasteiger partial charge on any atom is -0.354 e. The van der Waals surface area contributed by atoms with Crippen LogP contribution in [0.15, 0.2) is 66.9 Å². The van der Waals surface area contributed by atoms with Crippen LogP contribution in [0.3, 0.4) is 0 Å². The van der Waals surface area contributed by atoms with Gasteiger partial charge < -0.3 is 15.2 Å². The summed E-state index contributed by atoms with van der Waals surface area (Å²) >= 11 is 0. The van der Waals surface area contributed by atoms with Crippen molar-refractivity contribution in [2.24, 2.45) is 5.92 Å². The molecule has 0 bridgehead atoms. The summed E-state index contributed by atoms with van der Waals surface area (Å²) in [6, 6.07) is 17.5. The smallest absolute Gasteiger partial charge is 0.251 e. The van der Waals surface area contributed by atoms with E-state index < -0.39 is 0 Å². The van der Waals surface area contributed by atoms with Crippen LogP contribution in [0.2, 0.25) is 0 Å². The number of aryl methyl sites for hydroxylation is 1. The predicted octanol–water partition coefficient (Wildman–Crippen LogP) is 5.13. The van der Waals surface area contributed by atoms with Gasteiger partial charge in [-0.3, -0.25) is 4.79 Å². The van der Waals surface area contributed by atoms with Crippen molar-refractivity contribution in [2.45, 2.75) is 32.7 Å². The average molecular weight is 485 g/mol. The Kier molecular flexibility index (Phi) is 6.75. The lowest BCUT2D eigenvalue weighted by Gasteiger charge is -2.18. The lowest BCUT2D eigenvalue weighted by molar-refractivity contribution is 0.0948. The van der Waals surface area contributed by atoms with Gasteiger partial charge in [0.05, 0.1) is 23.1 Å². The molecule has 36 heavy (non-hydrogen) atoms. The quantitative estimate of drug-likeness (QED) is 0.362. The Morgan fingerprint density at radius 1 is 1.08 bits per heavy atom. The van der Waals surface area contributed by atoms with Crippen molar-refractivity contribution in [1.29, 1.82) is 0 Å².